The molecule has 0 radical (unpaired) electrons. The van der Waals surface area contributed by atoms with Crippen molar-refractivity contribution in [3.63, 3.8) is 0 Å². The van der Waals surface area contributed by atoms with Gasteiger partial charge in [0.2, 0.25) is 0 Å². The van der Waals surface area contributed by atoms with Crippen LogP contribution in [0.1, 0.15) is 0 Å². The van der Waals surface area contributed by atoms with Crippen LogP contribution in [0.4, 0.5) is 5.69 Å². The van der Waals surface area contributed by atoms with Gasteiger partial charge in [-0.15, -0.1) is 6.07 Å². The first-order chi connectivity index (χ1) is 16.4. The van der Waals surface area contributed by atoms with Gasteiger partial charge in [0, 0.05) is 0 Å². The Balaban J connectivity index is 0.000000238. The van der Waals surface area contributed by atoms with Gasteiger partial charge in [-0.1, -0.05) is 102 Å². The maximum atomic E-state index is 4.50. The fourth-order valence-electron chi connectivity index (χ4n) is 2.95. The molecule has 0 saturated heterocycles. The standard InChI is InChI=1S/C18H15P.C9H11N2O.HI.Pd/c1-4-10-16(11-5-1)19(17-12-6-2-7-13-17)18-14-8-3-9-15-18;1-12-11-8-7-10-9-5-3-2-4-6-9;;/h1-15H;2-5,8,10H,7H2,1H3;1H;/q;-1;;+2/p-1/b;11-8+;;. The fraction of sp³-hybridized carbons (Fsp3) is 0.0741. The van der Waals surface area contributed by atoms with Gasteiger partial charge in [-0.2, -0.15) is 24.3 Å². The summed E-state index contributed by atoms with van der Waals surface area (Å²) >= 11 is 4.72. The molecule has 0 unspecified atom stereocenters. The number of benzene rings is 4. The van der Waals surface area contributed by atoms with Crippen LogP contribution in [-0.2, 0) is 20.4 Å². The van der Waals surface area contributed by atoms with Crippen molar-refractivity contribution >= 4 is 55.3 Å². The number of hydrogen-bond acceptors (Lipinski definition) is 3. The molecular weight excluding hydrogens is 633 g/mol. The van der Waals surface area contributed by atoms with Gasteiger partial charge in [-0.05, 0) is 23.8 Å². The van der Waals surface area contributed by atoms with Crippen LogP contribution in [0.25, 0.3) is 0 Å². The molecule has 4 aromatic rings. The van der Waals surface area contributed by atoms with Crippen LogP contribution in [0.5, 0.6) is 0 Å². The maximum Gasteiger partial charge on any atom is -0.0134 e. The Bertz CT molecular complexity index is 929. The van der Waals surface area contributed by atoms with Gasteiger partial charge >= 0.3 is 35.1 Å². The van der Waals surface area contributed by atoms with E-state index in [1.54, 1.807) is 6.21 Å². The molecule has 0 aliphatic heterocycles. The number of para-hydroxylation sites is 1. The Labute approximate surface area is 219 Å². The minimum atomic E-state index is -0.446. The van der Waals surface area contributed by atoms with E-state index in [0.29, 0.717) is 6.54 Å². The zero-order valence-corrected chi connectivity index (χ0v) is 22.9. The van der Waals surface area contributed by atoms with Gasteiger partial charge in [-0.3, -0.25) is 0 Å². The Morgan fingerprint density at radius 1 is 0.788 bits per heavy atom. The first-order valence-corrected chi connectivity index (χ1v) is 16.2. The zero-order valence-electron chi connectivity index (χ0n) is 18.3. The Morgan fingerprint density at radius 3 is 1.64 bits per heavy atom. The Hall–Kier alpha value is -2.03. The fourth-order valence-corrected chi connectivity index (χ4v) is 5.25. The first-order valence-electron chi connectivity index (χ1n) is 10.2. The Kier molecular flexibility index (Phi) is 14.4. The number of oxime groups is 1. The van der Waals surface area contributed by atoms with E-state index in [1.807, 2.05) is 43.8 Å². The summed E-state index contributed by atoms with van der Waals surface area (Å²) in [5, 5.41) is 10.9. The molecule has 0 bridgehead atoms. The van der Waals surface area contributed by atoms with Crippen molar-refractivity contribution in [2.75, 3.05) is 19.0 Å². The number of hydrogen-bond donors (Lipinski definition) is 1. The topological polar surface area (TPSA) is 33.6 Å². The molecule has 0 atom stereocenters. The van der Waals surface area contributed by atoms with Gasteiger partial charge in [0.05, 0.1) is 12.8 Å². The van der Waals surface area contributed by atoms with Crippen molar-refractivity contribution in [3.8, 4) is 0 Å². The quantitative estimate of drug-likeness (QED) is 0.0675. The second-order valence-electron chi connectivity index (χ2n) is 6.47. The summed E-state index contributed by atoms with van der Waals surface area (Å²) in [7, 11) is 1.07. The van der Waals surface area contributed by atoms with E-state index in [4.69, 9.17) is 0 Å². The SMILES string of the molecule is CO/N=C/CNc1[c-]cccc1.[Pd+][I].c1ccc(P(c2ccccc2)c2ccccc2)cc1. The second-order valence-corrected chi connectivity index (χ2v) is 8.69. The largest absolute Gasteiger partial charge is 0.0622 e. The summed E-state index contributed by atoms with van der Waals surface area (Å²) in [6, 6.07) is 43.0. The summed E-state index contributed by atoms with van der Waals surface area (Å²) in [6.45, 7) is 0.647. The molecule has 33 heavy (non-hydrogen) atoms. The average molecular weight is 659 g/mol. The van der Waals surface area contributed by atoms with Crippen molar-refractivity contribution in [1.82, 2.24) is 0 Å². The molecule has 0 spiro atoms. The smallest absolute Gasteiger partial charge is 0.0134 e. The number of halogens is 1. The second kappa shape index (κ2) is 17.4. The summed E-state index contributed by atoms with van der Waals surface area (Å²) in [5.41, 5.74) is 0.958. The minimum absolute atomic E-state index is 0.446. The van der Waals surface area contributed by atoms with Gasteiger partial charge in [0.25, 0.3) is 0 Å². The summed E-state index contributed by atoms with van der Waals surface area (Å²) in [4.78, 5) is 4.50. The predicted molar refractivity (Wildman–Crippen MR) is 148 cm³/mol. The molecule has 0 aliphatic carbocycles. The molecule has 0 saturated carbocycles. The van der Waals surface area contributed by atoms with Crippen molar-refractivity contribution in [2.45, 2.75) is 0 Å². The third-order valence-corrected chi connectivity index (χ3v) is 6.76. The Morgan fingerprint density at radius 2 is 1.24 bits per heavy atom. The minimum Gasteiger partial charge on any atom is -0.0622 e. The molecule has 172 valence electrons. The predicted octanol–water partition coefficient (Wildman–Crippen LogP) is 5.86. The van der Waals surface area contributed by atoms with Crippen molar-refractivity contribution in [2.24, 2.45) is 5.16 Å². The van der Waals surface area contributed by atoms with Crippen LogP contribution in [0, 0.1) is 6.07 Å². The molecule has 1 N–H and O–H groups in total. The molecule has 6 heteroatoms. The summed E-state index contributed by atoms with van der Waals surface area (Å²) in [6.07, 6.45) is 1.65. The van der Waals surface area contributed by atoms with E-state index >= 15 is 0 Å². The normalized spacial score (nSPS) is 9.97. The van der Waals surface area contributed by atoms with Crippen LogP contribution in [-0.4, -0.2) is 19.9 Å². The van der Waals surface area contributed by atoms with Crippen LogP contribution in [0.3, 0.4) is 0 Å². The molecule has 0 amide bonds. The van der Waals surface area contributed by atoms with Crippen LogP contribution in [0.15, 0.2) is 120 Å². The summed E-state index contributed by atoms with van der Waals surface area (Å²) in [5.74, 6) is 0. The monoisotopic (exact) mass is 658 g/mol. The van der Waals surface area contributed by atoms with E-state index < -0.39 is 7.92 Å². The molecule has 3 nitrogen and oxygen atoms in total. The van der Waals surface area contributed by atoms with Crippen LogP contribution in [0.2, 0.25) is 0 Å². The molecule has 0 fully saturated rings. The van der Waals surface area contributed by atoms with E-state index in [9.17, 15) is 0 Å². The molecule has 4 rings (SSSR count). The van der Waals surface area contributed by atoms with E-state index in [2.05, 4.69) is 128 Å². The van der Waals surface area contributed by atoms with Crippen LogP contribution < -0.4 is 21.2 Å². The number of anilines is 1. The van der Waals surface area contributed by atoms with E-state index in [-0.39, 0.29) is 0 Å². The zero-order chi connectivity index (χ0) is 23.6. The van der Waals surface area contributed by atoms with Gasteiger partial charge in [0.15, 0.2) is 0 Å². The summed E-state index contributed by atoms with van der Waals surface area (Å²) < 4.78 is 0. The third kappa shape index (κ3) is 10.2. The molecule has 4 aromatic carbocycles. The molecular formula is C27H26IN2OPPd. The molecule has 0 aromatic heterocycles. The number of nitrogens with zero attached hydrogens (tertiary/aromatic N) is 1. The first kappa shape index (κ1) is 27.2. The van der Waals surface area contributed by atoms with Crippen molar-refractivity contribution in [3.05, 3.63) is 121 Å². The molecule has 0 heterocycles. The molecule has 0 aliphatic rings. The average Bonchev–Trinajstić information content (AvgIpc) is 2.91. The van der Waals surface area contributed by atoms with Gasteiger partial charge in [-0.25, -0.2) is 0 Å². The third-order valence-electron chi connectivity index (χ3n) is 4.32. The number of nitrogens with one attached hydrogen (secondary N) is 1. The number of rotatable bonds is 7. The van der Waals surface area contributed by atoms with Crippen molar-refractivity contribution in [1.29, 1.82) is 0 Å². The maximum absolute atomic E-state index is 4.50. The van der Waals surface area contributed by atoms with Crippen LogP contribution >= 0.6 is 27.4 Å². The van der Waals surface area contributed by atoms with E-state index in [0.717, 1.165) is 5.69 Å². The van der Waals surface area contributed by atoms with E-state index in [1.165, 1.54) is 23.0 Å². The van der Waals surface area contributed by atoms with Crippen molar-refractivity contribution < 1.29 is 20.4 Å². The van der Waals surface area contributed by atoms with Gasteiger partial charge in [0.1, 0.15) is 7.11 Å². The van der Waals surface area contributed by atoms with Gasteiger partial charge < -0.3 is 10.2 Å².